The highest BCUT2D eigenvalue weighted by Crippen LogP contribution is 2.29. The standard InChI is InChI=1S/C21H31Cl3INO4SSi/c1-6-32(7-2,8-3)30-18(10-9-16(5)25)15(4)11-17-13-31-19(26-17)12-28-20(27)29-14-21(22,23)24/h9,11,13,18H,6-8,10,12,14H2,1-5H3. The van der Waals surface area contributed by atoms with Gasteiger partial charge in [0.1, 0.15) is 18.2 Å². The van der Waals surface area contributed by atoms with Crippen LogP contribution in [0.1, 0.15) is 51.7 Å². The second kappa shape index (κ2) is 14.5. The molecule has 1 aromatic rings. The molecule has 182 valence electrons. The summed E-state index contributed by atoms with van der Waals surface area (Å²) in [5, 5.41) is 2.57. The van der Waals surface area contributed by atoms with Gasteiger partial charge in [-0.05, 0) is 76.2 Å². The normalized spacial score (nSPS) is 14.4. The van der Waals surface area contributed by atoms with E-state index in [0.29, 0.717) is 5.01 Å². The maximum absolute atomic E-state index is 11.6. The van der Waals surface area contributed by atoms with Crippen LogP contribution in [0.25, 0.3) is 6.08 Å². The van der Waals surface area contributed by atoms with Crippen molar-refractivity contribution >= 4 is 89.3 Å². The molecule has 0 amide bonds. The molecule has 1 heterocycles. The van der Waals surface area contributed by atoms with Crippen LogP contribution in [-0.2, 0) is 20.5 Å². The average molecular weight is 655 g/mol. The zero-order valence-corrected chi connectivity index (χ0v) is 25.3. The number of ether oxygens (including phenoxy) is 2. The molecule has 0 aliphatic rings. The van der Waals surface area contributed by atoms with Crippen LogP contribution in [0.5, 0.6) is 0 Å². The number of carbonyl (C=O) groups is 1. The van der Waals surface area contributed by atoms with Crippen molar-refractivity contribution in [3.8, 4) is 0 Å². The summed E-state index contributed by atoms with van der Waals surface area (Å²) in [6.07, 6.45) is 4.20. The summed E-state index contributed by atoms with van der Waals surface area (Å²) < 4.78 is 16.1. The van der Waals surface area contributed by atoms with Gasteiger partial charge >= 0.3 is 6.16 Å². The summed E-state index contributed by atoms with van der Waals surface area (Å²) in [7, 11) is -1.76. The third-order valence-electron chi connectivity index (χ3n) is 5.06. The molecule has 11 heteroatoms. The number of nitrogens with zero attached hydrogens (tertiary/aromatic N) is 1. The van der Waals surface area contributed by atoms with Gasteiger partial charge in [-0.2, -0.15) is 0 Å². The zero-order valence-electron chi connectivity index (χ0n) is 19.1. The van der Waals surface area contributed by atoms with Crippen LogP contribution in [0.15, 0.2) is 20.6 Å². The summed E-state index contributed by atoms with van der Waals surface area (Å²) >= 11 is 20.4. The molecule has 0 spiro atoms. The van der Waals surface area contributed by atoms with Gasteiger partial charge in [0.15, 0.2) is 8.32 Å². The van der Waals surface area contributed by atoms with Gasteiger partial charge in [-0.15, -0.1) is 11.3 Å². The number of allylic oxidation sites excluding steroid dienone is 1. The Kier molecular flexibility index (Phi) is 13.7. The molecule has 0 aliphatic carbocycles. The van der Waals surface area contributed by atoms with E-state index in [1.54, 1.807) is 0 Å². The van der Waals surface area contributed by atoms with Crippen molar-refractivity contribution in [3.63, 3.8) is 0 Å². The lowest BCUT2D eigenvalue weighted by Crippen LogP contribution is -2.40. The monoisotopic (exact) mass is 653 g/mol. The first kappa shape index (κ1) is 30.2. The summed E-state index contributed by atoms with van der Waals surface area (Å²) in [6, 6.07) is 3.30. The highest BCUT2D eigenvalue weighted by atomic mass is 127. The molecule has 0 bridgehead atoms. The number of alkyl halides is 3. The molecular weight excluding hydrogens is 624 g/mol. The van der Waals surface area contributed by atoms with E-state index in [1.807, 2.05) is 11.5 Å². The van der Waals surface area contributed by atoms with Crippen molar-refractivity contribution in [3.05, 3.63) is 31.3 Å². The number of thiazole rings is 1. The Morgan fingerprint density at radius 1 is 1.22 bits per heavy atom. The van der Waals surface area contributed by atoms with Crippen LogP contribution in [0.3, 0.4) is 0 Å². The highest BCUT2D eigenvalue weighted by molar-refractivity contribution is 14.1. The van der Waals surface area contributed by atoms with Crippen LogP contribution in [0.4, 0.5) is 4.79 Å². The highest BCUT2D eigenvalue weighted by Gasteiger charge is 2.32. The molecule has 1 rings (SSSR count). The molecule has 0 fully saturated rings. The smallest absolute Gasteiger partial charge is 0.430 e. The number of carbonyl (C=O) groups excluding carboxylic acids is 1. The Labute approximate surface area is 225 Å². The lowest BCUT2D eigenvalue weighted by atomic mass is 10.1. The molecule has 32 heavy (non-hydrogen) atoms. The van der Waals surface area contributed by atoms with Crippen molar-refractivity contribution in [2.75, 3.05) is 6.61 Å². The average Bonchev–Trinajstić information content (AvgIpc) is 3.18. The first-order chi connectivity index (χ1) is 14.9. The van der Waals surface area contributed by atoms with Gasteiger partial charge in [0.25, 0.3) is 0 Å². The second-order valence-corrected chi connectivity index (χ2v) is 17.3. The Balaban J connectivity index is 2.86. The second-order valence-electron chi connectivity index (χ2n) is 7.37. The minimum absolute atomic E-state index is 0.00945. The van der Waals surface area contributed by atoms with Gasteiger partial charge in [-0.1, -0.05) is 61.7 Å². The van der Waals surface area contributed by atoms with Gasteiger partial charge < -0.3 is 13.9 Å². The number of rotatable bonds is 12. The maximum Gasteiger partial charge on any atom is 0.508 e. The molecule has 1 unspecified atom stereocenters. The van der Waals surface area contributed by atoms with Crippen molar-refractivity contribution in [1.29, 1.82) is 0 Å². The van der Waals surface area contributed by atoms with Gasteiger partial charge in [0, 0.05) is 5.38 Å². The fraction of sp³-hybridized carbons (Fsp3) is 0.619. The topological polar surface area (TPSA) is 57.7 Å². The SMILES string of the molecule is CC[Si](CC)(CC)OC(CC=C(C)I)C(C)=Cc1csc(COC(=O)OCC(Cl)(Cl)Cl)n1. The van der Waals surface area contributed by atoms with E-state index in [9.17, 15) is 4.79 Å². The lowest BCUT2D eigenvalue weighted by molar-refractivity contribution is 0.0511. The number of hydrogen-bond acceptors (Lipinski definition) is 6. The van der Waals surface area contributed by atoms with Crippen molar-refractivity contribution in [2.24, 2.45) is 0 Å². The number of aromatic nitrogens is 1. The Morgan fingerprint density at radius 2 is 1.84 bits per heavy atom. The summed E-state index contributed by atoms with van der Waals surface area (Å²) in [5.74, 6) is 0. The fourth-order valence-electron chi connectivity index (χ4n) is 2.99. The van der Waals surface area contributed by atoms with Crippen LogP contribution in [0.2, 0.25) is 18.1 Å². The molecule has 0 aromatic carbocycles. The summed E-state index contributed by atoms with van der Waals surface area (Å²) in [4.78, 5) is 16.1. The molecule has 0 radical (unpaired) electrons. The summed E-state index contributed by atoms with van der Waals surface area (Å²) in [5.41, 5.74) is 1.94. The Morgan fingerprint density at radius 3 is 2.38 bits per heavy atom. The van der Waals surface area contributed by atoms with E-state index in [0.717, 1.165) is 35.8 Å². The van der Waals surface area contributed by atoms with Crippen molar-refractivity contribution in [2.45, 2.75) is 75.7 Å². The van der Waals surface area contributed by atoms with Gasteiger partial charge in [-0.25, -0.2) is 9.78 Å². The molecular formula is C21H31Cl3INO4SSi. The van der Waals surface area contributed by atoms with E-state index in [2.05, 4.69) is 68.3 Å². The maximum atomic E-state index is 11.6. The Hall–Kier alpha value is 0.157. The minimum atomic E-state index is -1.76. The Bertz CT molecular complexity index is 782. The van der Waals surface area contributed by atoms with E-state index in [4.69, 9.17) is 48.7 Å². The van der Waals surface area contributed by atoms with Crippen LogP contribution < -0.4 is 0 Å². The van der Waals surface area contributed by atoms with Crippen LogP contribution in [0, 0.1) is 0 Å². The summed E-state index contributed by atoms with van der Waals surface area (Å²) in [6.45, 7) is 10.5. The van der Waals surface area contributed by atoms with E-state index >= 15 is 0 Å². The van der Waals surface area contributed by atoms with Gasteiger partial charge in [-0.3, -0.25) is 0 Å². The van der Waals surface area contributed by atoms with Crippen molar-refractivity contribution < 1.29 is 18.7 Å². The lowest BCUT2D eigenvalue weighted by Gasteiger charge is -2.33. The third kappa shape index (κ3) is 11.5. The molecule has 1 atom stereocenters. The van der Waals surface area contributed by atoms with Crippen LogP contribution in [-0.4, -0.2) is 36.0 Å². The molecule has 0 aliphatic heterocycles. The fourth-order valence-corrected chi connectivity index (χ4v) is 6.95. The van der Waals surface area contributed by atoms with E-state index < -0.39 is 18.3 Å². The van der Waals surface area contributed by atoms with E-state index in [1.165, 1.54) is 14.9 Å². The van der Waals surface area contributed by atoms with Crippen molar-refractivity contribution in [1.82, 2.24) is 4.98 Å². The van der Waals surface area contributed by atoms with Gasteiger partial charge in [0.05, 0.1) is 11.8 Å². The third-order valence-corrected chi connectivity index (χ3v) is 11.3. The predicted molar refractivity (Wildman–Crippen MR) is 147 cm³/mol. The largest absolute Gasteiger partial charge is 0.508 e. The molecule has 0 N–H and O–H groups in total. The molecule has 0 saturated carbocycles. The first-order valence-electron chi connectivity index (χ1n) is 10.4. The minimum Gasteiger partial charge on any atom is -0.430 e. The molecule has 0 saturated heterocycles. The number of hydrogen-bond donors (Lipinski definition) is 0. The van der Waals surface area contributed by atoms with E-state index in [-0.39, 0.29) is 19.3 Å². The molecule has 1 aromatic heterocycles. The molecule has 5 nitrogen and oxygen atoms in total. The van der Waals surface area contributed by atoms with Crippen LogP contribution >= 0.6 is 68.7 Å². The predicted octanol–water partition coefficient (Wildman–Crippen LogP) is 8.69. The quantitative estimate of drug-likeness (QED) is 0.0977. The van der Waals surface area contributed by atoms with Gasteiger partial charge in [0.2, 0.25) is 3.79 Å². The first-order valence-corrected chi connectivity index (χ1v) is 16.0. The zero-order chi connectivity index (χ0) is 24.4. The number of halogens is 4.